The fourth-order valence-electron chi connectivity index (χ4n) is 4.27. The molecule has 29 heavy (non-hydrogen) atoms. The summed E-state index contributed by atoms with van der Waals surface area (Å²) < 4.78 is 0. The number of amides is 2. The lowest BCUT2D eigenvalue weighted by Crippen LogP contribution is -2.59. The second-order valence-corrected chi connectivity index (χ2v) is 9.37. The van der Waals surface area contributed by atoms with Crippen molar-refractivity contribution >= 4 is 23.6 Å². The van der Waals surface area contributed by atoms with Gasteiger partial charge in [0, 0.05) is 0 Å². The molecule has 2 N–H and O–H groups in total. The first-order chi connectivity index (χ1) is 14.0. The lowest BCUT2D eigenvalue weighted by Gasteiger charge is -2.42. The van der Waals surface area contributed by atoms with E-state index >= 15 is 0 Å². The van der Waals surface area contributed by atoms with Gasteiger partial charge in [-0.25, -0.2) is 5.01 Å². The molecule has 152 valence electrons. The van der Waals surface area contributed by atoms with Gasteiger partial charge in [0.15, 0.2) is 5.60 Å². The van der Waals surface area contributed by atoms with Crippen molar-refractivity contribution < 1.29 is 14.7 Å². The van der Waals surface area contributed by atoms with Crippen LogP contribution in [0.1, 0.15) is 43.7 Å². The standard InChI is InChI=1S/C23H26N2O3S/c1-17-12-14-22(15-13-17)25(20(26)16-29-22)24-21(27)23(28,18-8-4-2-5-9-18)19-10-6-3-7-11-19/h2-11,17,28H,12-16H2,1H3,(H,24,27). The van der Waals surface area contributed by atoms with Crippen LogP contribution in [0.25, 0.3) is 0 Å². The Labute approximate surface area is 175 Å². The quantitative estimate of drug-likeness (QED) is 0.810. The Morgan fingerprint density at radius 1 is 1.07 bits per heavy atom. The van der Waals surface area contributed by atoms with Gasteiger partial charge in [-0.1, -0.05) is 67.6 Å². The molecule has 2 aromatic rings. The van der Waals surface area contributed by atoms with Crippen LogP contribution in [0.5, 0.6) is 0 Å². The van der Waals surface area contributed by atoms with Gasteiger partial charge in [0.2, 0.25) is 0 Å². The maximum absolute atomic E-state index is 13.5. The summed E-state index contributed by atoms with van der Waals surface area (Å²) in [5, 5.41) is 13.1. The summed E-state index contributed by atoms with van der Waals surface area (Å²) in [6.45, 7) is 2.22. The fourth-order valence-corrected chi connectivity index (χ4v) is 5.59. The third-order valence-electron chi connectivity index (χ3n) is 6.10. The zero-order chi connectivity index (χ0) is 20.5. The third kappa shape index (κ3) is 3.55. The van der Waals surface area contributed by atoms with Crippen molar-refractivity contribution in [3.63, 3.8) is 0 Å². The SMILES string of the molecule is CC1CCC2(CC1)SCC(=O)N2NC(=O)C(O)(c1ccccc1)c1ccccc1. The van der Waals surface area contributed by atoms with E-state index in [1.54, 1.807) is 60.3 Å². The number of hydrazine groups is 1. The van der Waals surface area contributed by atoms with E-state index in [0.717, 1.165) is 25.7 Å². The Morgan fingerprint density at radius 3 is 2.10 bits per heavy atom. The fraction of sp³-hybridized carbons (Fsp3) is 0.391. The summed E-state index contributed by atoms with van der Waals surface area (Å²) in [4.78, 5) is 25.8. The summed E-state index contributed by atoms with van der Waals surface area (Å²) in [6.07, 6.45) is 3.74. The van der Waals surface area contributed by atoms with Gasteiger partial charge in [0.05, 0.1) is 5.75 Å². The minimum atomic E-state index is -1.89. The van der Waals surface area contributed by atoms with Crippen molar-refractivity contribution in [2.75, 3.05) is 5.75 Å². The number of nitrogens with one attached hydrogen (secondary N) is 1. The summed E-state index contributed by atoms with van der Waals surface area (Å²) in [6, 6.07) is 17.7. The highest BCUT2D eigenvalue weighted by Gasteiger charge is 2.51. The van der Waals surface area contributed by atoms with Gasteiger partial charge in [-0.2, -0.15) is 0 Å². The average Bonchev–Trinajstić information content (AvgIpc) is 3.06. The molecule has 2 amide bonds. The molecule has 6 heteroatoms. The van der Waals surface area contributed by atoms with Crippen LogP contribution < -0.4 is 5.43 Å². The van der Waals surface area contributed by atoms with E-state index in [0.29, 0.717) is 22.8 Å². The van der Waals surface area contributed by atoms with Crippen LogP contribution in [0.3, 0.4) is 0 Å². The van der Waals surface area contributed by atoms with Crippen LogP contribution in [0.4, 0.5) is 0 Å². The molecule has 4 rings (SSSR count). The molecule has 0 bridgehead atoms. The van der Waals surface area contributed by atoms with Gasteiger partial charge in [0.25, 0.3) is 11.8 Å². The first-order valence-corrected chi connectivity index (χ1v) is 11.1. The zero-order valence-electron chi connectivity index (χ0n) is 16.5. The van der Waals surface area contributed by atoms with Crippen LogP contribution in [0.15, 0.2) is 60.7 Å². The van der Waals surface area contributed by atoms with Crippen LogP contribution >= 0.6 is 11.8 Å². The van der Waals surface area contributed by atoms with Crippen molar-refractivity contribution in [3.05, 3.63) is 71.8 Å². The van der Waals surface area contributed by atoms with Crippen LogP contribution in [-0.2, 0) is 15.2 Å². The van der Waals surface area contributed by atoms with Crippen molar-refractivity contribution in [2.24, 2.45) is 5.92 Å². The molecular weight excluding hydrogens is 384 g/mol. The molecule has 1 aliphatic heterocycles. The highest BCUT2D eigenvalue weighted by molar-refractivity contribution is 8.01. The van der Waals surface area contributed by atoms with Gasteiger partial charge >= 0.3 is 0 Å². The number of thioether (sulfide) groups is 1. The number of rotatable bonds is 4. The Balaban J connectivity index is 1.68. The molecule has 2 aliphatic rings. The van der Waals surface area contributed by atoms with Crippen LogP contribution in [0.2, 0.25) is 0 Å². The molecule has 0 atom stereocenters. The maximum atomic E-state index is 13.5. The molecule has 2 aromatic carbocycles. The van der Waals surface area contributed by atoms with E-state index in [9.17, 15) is 14.7 Å². The number of carbonyl (C=O) groups is 2. The van der Waals surface area contributed by atoms with Gasteiger partial charge in [-0.05, 0) is 42.7 Å². The molecule has 1 spiro atoms. The number of nitrogens with zero attached hydrogens (tertiary/aromatic N) is 1. The minimum Gasteiger partial charge on any atom is -0.372 e. The third-order valence-corrected chi connectivity index (χ3v) is 7.62. The van der Waals surface area contributed by atoms with Gasteiger partial charge in [-0.3, -0.25) is 15.0 Å². The Bertz CT molecular complexity index is 840. The second kappa shape index (κ2) is 7.84. The molecular formula is C23H26N2O3S. The van der Waals surface area contributed by atoms with Crippen molar-refractivity contribution in [2.45, 2.75) is 43.1 Å². The lowest BCUT2D eigenvalue weighted by molar-refractivity contribution is -0.152. The molecule has 0 unspecified atom stereocenters. The highest BCUT2D eigenvalue weighted by Crippen LogP contribution is 2.47. The molecule has 1 saturated heterocycles. The monoisotopic (exact) mass is 410 g/mol. The van der Waals surface area contributed by atoms with E-state index in [-0.39, 0.29) is 5.91 Å². The van der Waals surface area contributed by atoms with Crippen LogP contribution in [-0.4, -0.2) is 32.6 Å². The zero-order valence-corrected chi connectivity index (χ0v) is 17.3. The maximum Gasteiger partial charge on any atom is 0.279 e. The number of aliphatic hydroxyl groups is 1. The van der Waals surface area contributed by atoms with Crippen molar-refractivity contribution in [1.29, 1.82) is 0 Å². The molecule has 1 aliphatic carbocycles. The summed E-state index contributed by atoms with van der Waals surface area (Å²) in [5.41, 5.74) is 1.86. The Hall–Kier alpha value is -2.31. The number of carbonyl (C=O) groups excluding carboxylic acids is 2. The van der Waals surface area contributed by atoms with Crippen LogP contribution in [0, 0.1) is 5.92 Å². The molecule has 0 radical (unpaired) electrons. The average molecular weight is 411 g/mol. The largest absolute Gasteiger partial charge is 0.372 e. The first-order valence-electron chi connectivity index (χ1n) is 10.1. The molecule has 5 nitrogen and oxygen atoms in total. The topological polar surface area (TPSA) is 69.6 Å². The number of hydrogen-bond donors (Lipinski definition) is 2. The van der Waals surface area contributed by atoms with Gasteiger partial charge in [-0.15, -0.1) is 11.8 Å². The second-order valence-electron chi connectivity index (χ2n) is 8.03. The number of hydrogen-bond acceptors (Lipinski definition) is 4. The Kier molecular flexibility index (Phi) is 5.40. The molecule has 1 heterocycles. The number of benzene rings is 2. The smallest absolute Gasteiger partial charge is 0.279 e. The minimum absolute atomic E-state index is 0.110. The van der Waals surface area contributed by atoms with E-state index in [2.05, 4.69) is 12.3 Å². The molecule has 1 saturated carbocycles. The predicted molar refractivity (Wildman–Crippen MR) is 114 cm³/mol. The molecule has 0 aromatic heterocycles. The highest BCUT2D eigenvalue weighted by atomic mass is 32.2. The summed E-state index contributed by atoms with van der Waals surface area (Å²) in [5.74, 6) is 0.259. The molecule has 2 fully saturated rings. The van der Waals surface area contributed by atoms with Crippen molar-refractivity contribution in [1.82, 2.24) is 10.4 Å². The van der Waals surface area contributed by atoms with E-state index < -0.39 is 16.4 Å². The van der Waals surface area contributed by atoms with E-state index in [1.807, 2.05) is 12.1 Å². The van der Waals surface area contributed by atoms with E-state index in [4.69, 9.17) is 0 Å². The Morgan fingerprint density at radius 2 is 1.59 bits per heavy atom. The van der Waals surface area contributed by atoms with Gasteiger partial charge < -0.3 is 5.11 Å². The van der Waals surface area contributed by atoms with Gasteiger partial charge in [0.1, 0.15) is 4.87 Å². The summed E-state index contributed by atoms with van der Waals surface area (Å²) >= 11 is 1.61. The summed E-state index contributed by atoms with van der Waals surface area (Å²) in [7, 11) is 0. The normalized spacial score (nSPS) is 24.7. The lowest BCUT2D eigenvalue weighted by atomic mass is 9.85. The first kappa shape index (κ1) is 20.0. The predicted octanol–water partition coefficient (Wildman–Crippen LogP) is 3.44. The van der Waals surface area contributed by atoms with E-state index in [1.165, 1.54) is 5.01 Å². The van der Waals surface area contributed by atoms with Crippen molar-refractivity contribution in [3.8, 4) is 0 Å².